The molecule has 0 bridgehead atoms. The van der Waals surface area contributed by atoms with Crippen molar-refractivity contribution in [3.05, 3.63) is 95.0 Å². The van der Waals surface area contributed by atoms with Crippen LogP contribution in [0.25, 0.3) is 27.8 Å². The fourth-order valence-electron chi connectivity index (χ4n) is 4.02. The minimum absolute atomic E-state index is 0.500. The van der Waals surface area contributed by atoms with Crippen LogP contribution in [0.5, 0.6) is 5.75 Å². The average molecular weight is 557 g/mol. The predicted molar refractivity (Wildman–Crippen MR) is 164 cm³/mol. The molecule has 0 aliphatic carbocycles. The molecule has 2 aromatic carbocycles. The maximum atomic E-state index is 6.53. The Morgan fingerprint density at radius 1 is 0.975 bits per heavy atom. The predicted octanol–water partition coefficient (Wildman–Crippen LogP) is 7.46. The van der Waals surface area contributed by atoms with Crippen LogP contribution in [0.3, 0.4) is 0 Å². The molecule has 1 N–H and O–H groups in total. The summed E-state index contributed by atoms with van der Waals surface area (Å²) in [5.41, 5.74) is 6.96. The first kappa shape index (κ1) is 29.0. The van der Waals surface area contributed by atoms with Crippen molar-refractivity contribution >= 4 is 28.2 Å². The third kappa shape index (κ3) is 7.57. The van der Waals surface area contributed by atoms with Gasteiger partial charge in [0.2, 0.25) is 0 Å². The zero-order valence-electron chi connectivity index (χ0n) is 24.1. The van der Waals surface area contributed by atoms with E-state index in [4.69, 9.17) is 21.4 Å². The highest BCUT2D eigenvalue weighted by Gasteiger charge is 2.12. The fraction of sp³-hybridized carbons (Fsp3) is 0.312. The zero-order valence-corrected chi connectivity index (χ0v) is 24.9. The average Bonchev–Trinajstić information content (AvgIpc) is 3.32. The number of hydrogen-bond acceptors (Lipinski definition) is 6. The Morgan fingerprint density at radius 2 is 1.75 bits per heavy atom. The monoisotopic (exact) mass is 556 g/mol. The van der Waals surface area contributed by atoms with E-state index >= 15 is 0 Å². The van der Waals surface area contributed by atoms with Crippen LogP contribution in [-0.4, -0.2) is 31.9 Å². The summed E-state index contributed by atoms with van der Waals surface area (Å²) >= 11 is 6.53. The first-order chi connectivity index (χ1) is 19.0. The molecule has 0 radical (unpaired) electrons. The number of hydrogen-bond donors (Lipinski definition) is 1. The number of halogens is 1. The lowest BCUT2D eigenvalue weighted by Gasteiger charge is -2.10. The van der Waals surface area contributed by atoms with E-state index in [2.05, 4.69) is 54.8 Å². The van der Waals surface area contributed by atoms with Gasteiger partial charge in [-0.1, -0.05) is 58.0 Å². The first-order valence-corrected chi connectivity index (χ1v) is 13.7. The van der Waals surface area contributed by atoms with Crippen molar-refractivity contribution in [2.75, 3.05) is 7.11 Å². The van der Waals surface area contributed by atoms with E-state index in [0.29, 0.717) is 29.1 Å². The van der Waals surface area contributed by atoms with Crippen LogP contribution in [0.1, 0.15) is 51.6 Å². The molecule has 0 saturated carbocycles. The Morgan fingerprint density at radius 3 is 2.45 bits per heavy atom. The van der Waals surface area contributed by atoms with E-state index in [-0.39, 0.29) is 0 Å². The van der Waals surface area contributed by atoms with E-state index in [9.17, 15) is 0 Å². The normalized spacial score (nSPS) is 11.3. The second-order valence-corrected chi connectivity index (χ2v) is 11.8. The van der Waals surface area contributed by atoms with Crippen LogP contribution >= 0.6 is 11.6 Å². The third-order valence-electron chi connectivity index (χ3n) is 5.91. The van der Waals surface area contributed by atoms with E-state index in [1.165, 1.54) is 5.56 Å². The maximum absolute atomic E-state index is 6.53. The standard InChI is InChI=1S/C27H25ClN6O.C5H12/c1-17(2)30-16-20-5-4-19(14-23(20)28)24-9-11-27-32-31-26(34(27)33-24)10-6-18-12-13-29-25-15-21(35-3)7-8-22(18)25;1-5(2,3)4/h4-5,7-9,11-15,30H,1,6,10,16H2,2-3H3;1-4H3. The summed E-state index contributed by atoms with van der Waals surface area (Å²) in [7, 11) is 1.66. The number of aryl methyl sites for hydroxylation is 2. The number of nitrogens with zero attached hydrogens (tertiary/aromatic N) is 5. The summed E-state index contributed by atoms with van der Waals surface area (Å²) in [6.45, 7) is 15.2. The largest absolute Gasteiger partial charge is 0.497 e. The van der Waals surface area contributed by atoms with Crippen molar-refractivity contribution in [2.24, 2.45) is 5.41 Å². The molecule has 0 amide bonds. The maximum Gasteiger partial charge on any atom is 0.177 e. The fourth-order valence-corrected chi connectivity index (χ4v) is 4.27. The molecule has 0 aliphatic rings. The molecule has 0 spiro atoms. The number of ether oxygens (including phenoxy) is 1. The van der Waals surface area contributed by atoms with Gasteiger partial charge >= 0.3 is 0 Å². The minimum Gasteiger partial charge on any atom is -0.497 e. The summed E-state index contributed by atoms with van der Waals surface area (Å²) in [5, 5.41) is 18.5. The Bertz CT molecular complexity index is 1630. The molecule has 208 valence electrons. The van der Waals surface area contributed by atoms with Gasteiger partial charge in [-0.05, 0) is 66.3 Å². The van der Waals surface area contributed by atoms with Gasteiger partial charge in [0.15, 0.2) is 11.5 Å². The van der Waals surface area contributed by atoms with Gasteiger partial charge in [0.05, 0.1) is 18.3 Å². The molecular formula is C32H37ClN6O. The number of fused-ring (bicyclic) bond motifs is 2. The van der Waals surface area contributed by atoms with Gasteiger partial charge < -0.3 is 10.1 Å². The molecule has 7 nitrogen and oxygen atoms in total. The van der Waals surface area contributed by atoms with Crippen LogP contribution in [0.2, 0.25) is 5.02 Å². The van der Waals surface area contributed by atoms with Gasteiger partial charge in [0, 0.05) is 46.9 Å². The van der Waals surface area contributed by atoms with Gasteiger partial charge in [0.1, 0.15) is 5.75 Å². The van der Waals surface area contributed by atoms with Crippen molar-refractivity contribution in [2.45, 2.75) is 54.0 Å². The highest BCUT2D eigenvalue weighted by atomic mass is 35.5. The van der Waals surface area contributed by atoms with Crippen molar-refractivity contribution in [3.8, 4) is 17.0 Å². The lowest BCUT2D eigenvalue weighted by atomic mass is 10.0. The van der Waals surface area contributed by atoms with Crippen molar-refractivity contribution in [1.82, 2.24) is 30.1 Å². The van der Waals surface area contributed by atoms with E-state index in [1.54, 1.807) is 7.11 Å². The second-order valence-electron chi connectivity index (χ2n) is 11.4. The highest BCUT2D eigenvalue weighted by molar-refractivity contribution is 6.31. The summed E-state index contributed by atoms with van der Waals surface area (Å²) in [6.07, 6.45) is 3.30. The molecule has 0 atom stereocenters. The Kier molecular flexibility index (Phi) is 9.05. The Balaban J connectivity index is 0.000000681. The topological polar surface area (TPSA) is 77.2 Å². The molecule has 0 aliphatic heterocycles. The molecule has 8 heteroatoms. The molecular weight excluding hydrogens is 520 g/mol. The number of pyridine rings is 1. The zero-order chi connectivity index (χ0) is 28.9. The van der Waals surface area contributed by atoms with E-state index in [0.717, 1.165) is 51.4 Å². The summed E-state index contributed by atoms with van der Waals surface area (Å²) in [4.78, 5) is 4.48. The van der Waals surface area contributed by atoms with Crippen molar-refractivity contribution in [1.29, 1.82) is 0 Å². The van der Waals surface area contributed by atoms with Crippen molar-refractivity contribution in [3.63, 3.8) is 0 Å². The third-order valence-corrected chi connectivity index (χ3v) is 6.27. The summed E-state index contributed by atoms with van der Waals surface area (Å²) < 4.78 is 7.14. The van der Waals surface area contributed by atoms with Gasteiger partial charge in [-0.15, -0.1) is 10.2 Å². The summed E-state index contributed by atoms with van der Waals surface area (Å²) in [5.74, 6) is 1.59. The molecule has 0 fully saturated rings. The number of benzene rings is 2. The van der Waals surface area contributed by atoms with Gasteiger partial charge in [-0.25, -0.2) is 0 Å². The van der Waals surface area contributed by atoms with Gasteiger partial charge in [-0.3, -0.25) is 4.98 Å². The molecule has 5 rings (SSSR count). The number of rotatable bonds is 8. The van der Waals surface area contributed by atoms with Crippen LogP contribution in [0, 0.1) is 5.41 Å². The first-order valence-electron chi connectivity index (χ1n) is 13.3. The number of allylic oxidation sites excluding steroid dienone is 1. The van der Waals surface area contributed by atoms with Crippen LogP contribution in [0.15, 0.2) is 73.1 Å². The van der Waals surface area contributed by atoms with Gasteiger partial charge in [0.25, 0.3) is 0 Å². The van der Waals surface area contributed by atoms with Crippen LogP contribution in [-0.2, 0) is 19.4 Å². The second kappa shape index (κ2) is 12.5. The SMILES string of the molecule is C=C(C)NCc1ccc(-c2ccc3nnc(CCc4ccnc5cc(OC)ccc45)n3n2)cc1Cl.CC(C)(C)C. The van der Waals surface area contributed by atoms with Crippen molar-refractivity contribution < 1.29 is 4.74 Å². The minimum atomic E-state index is 0.500. The van der Waals surface area contributed by atoms with E-state index in [1.807, 2.05) is 72.2 Å². The highest BCUT2D eigenvalue weighted by Crippen LogP contribution is 2.26. The molecule has 5 aromatic rings. The molecule has 3 heterocycles. The van der Waals surface area contributed by atoms with Crippen LogP contribution in [0.4, 0.5) is 0 Å². The lowest BCUT2D eigenvalue weighted by molar-refractivity contribution is 0.415. The van der Waals surface area contributed by atoms with Crippen LogP contribution < -0.4 is 10.1 Å². The Labute approximate surface area is 241 Å². The quantitative estimate of drug-likeness (QED) is 0.214. The van der Waals surface area contributed by atoms with Gasteiger partial charge in [-0.2, -0.15) is 9.61 Å². The number of methoxy groups -OCH3 is 1. The molecule has 0 unspecified atom stereocenters. The smallest absolute Gasteiger partial charge is 0.177 e. The molecule has 40 heavy (non-hydrogen) atoms. The lowest BCUT2D eigenvalue weighted by Crippen LogP contribution is -2.09. The number of aromatic nitrogens is 5. The number of nitrogens with one attached hydrogen (secondary N) is 1. The summed E-state index contributed by atoms with van der Waals surface area (Å²) in [6, 6.07) is 17.8. The molecule has 0 saturated heterocycles. The Hall–Kier alpha value is -3.97. The van der Waals surface area contributed by atoms with E-state index < -0.39 is 0 Å². The molecule has 3 aromatic heterocycles.